The largest absolute Gasteiger partial charge is 0.362 e. The molecule has 1 aromatic carbocycles. The second kappa shape index (κ2) is 6.54. The fourth-order valence-electron chi connectivity index (χ4n) is 2.62. The molecule has 23 heavy (non-hydrogen) atoms. The van der Waals surface area contributed by atoms with Crippen LogP contribution >= 0.6 is 0 Å². The number of para-hydroxylation sites is 2. The van der Waals surface area contributed by atoms with Crippen molar-refractivity contribution in [1.82, 2.24) is 4.90 Å². The number of nitro groups is 1. The number of hydrogen-bond acceptors (Lipinski definition) is 5. The number of nitro benzene ring substituents is 1. The molecule has 2 rings (SSSR count). The van der Waals surface area contributed by atoms with E-state index >= 15 is 0 Å². The SMILES string of the molecule is CC(C)(C)[C@H](N)C(=O)N1CCN(c2ccccc2[N+](=O)[O-])CC1. The predicted octanol–water partition coefficient (Wildman–Crippen LogP) is 1.62. The predicted molar refractivity (Wildman–Crippen MR) is 89.3 cm³/mol. The van der Waals surface area contributed by atoms with E-state index < -0.39 is 6.04 Å². The summed E-state index contributed by atoms with van der Waals surface area (Å²) in [4.78, 5) is 26.9. The molecule has 126 valence electrons. The summed E-state index contributed by atoms with van der Waals surface area (Å²) >= 11 is 0. The summed E-state index contributed by atoms with van der Waals surface area (Å²) < 4.78 is 0. The van der Waals surface area contributed by atoms with E-state index in [0.29, 0.717) is 31.9 Å². The van der Waals surface area contributed by atoms with Crippen LogP contribution in [-0.4, -0.2) is 48.0 Å². The minimum atomic E-state index is -0.542. The molecule has 7 nitrogen and oxygen atoms in total. The lowest BCUT2D eigenvalue weighted by Crippen LogP contribution is -2.56. The highest BCUT2D eigenvalue weighted by molar-refractivity contribution is 5.82. The van der Waals surface area contributed by atoms with Gasteiger partial charge in [-0.2, -0.15) is 0 Å². The summed E-state index contributed by atoms with van der Waals surface area (Å²) in [5, 5.41) is 11.1. The van der Waals surface area contributed by atoms with Gasteiger partial charge in [-0.15, -0.1) is 0 Å². The summed E-state index contributed by atoms with van der Waals surface area (Å²) in [5.74, 6) is -0.0558. The molecule has 0 saturated carbocycles. The fraction of sp³-hybridized carbons (Fsp3) is 0.562. The molecule has 0 aromatic heterocycles. The number of rotatable bonds is 3. The van der Waals surface area contributed by atoms with Crippen LogP contribution in [0.25, 0.3) is 0 Å². The standard InChI is InChI=1S/C16H24N4O3/c1-16(2,3)14(17)15(21)19-10-8-18(9-11-19)12-6-4-5-7-13(12)20(22)23/h4-7,14H,8-11,17H2,1-3H3/t14-/m1/s1. The molecule has 1 heterocycles. The Balaban J connectivity index is 2.05. The maximum Gasteiger partial charge on any atom is 0.292 e. The van der Waals surface area contributed by atoms with Gasteiger partial charge in [0, 0.05) is 32.2 Å². The maximum absolute atomic E-state index is 12.4. The van der Waals surface area contributed by atoms with Gasteiger partial charge in [0.2, 0.25) is 5.91 Å². The van der Waals surface area contributed by atoms with E-state index in [4.69, 9.17) is 5.73 Å². The van der Waals surface area contributed by atoms with Crippen molar-refractivity contribution in [1.29, 1.82) is 0 Å². The Bertz CT molecular complexity index is 589. The Kier molecular flexibility index (Phi) is 4.89. The second-order valence-electron chi connectivity index (χ2n) is 6.90. The van der Waals surface area contributed by atoms with E-state index in [-0.39, 0.29) is 21.9 Å². The Morgan fingerprint density at radius 1 is 1.22 bits per heavy atom. The summed E-state index contributed by atoms with van der Waals surface area (Å²) in [5.41, 5.74) is 6.45. The molecule has 2 N–H and O–H groups in total. The van der Waals surface area contributed by atoms with Crippen LogP contribution in [0, 0.1) is 15.5 Å². The van der Waals surface area contributed by atoms with Crippen molar-refractivity contribution in [2.24, 2.45) is 11.1 Å². The van der Waals surface area contributed by atoms with E-state index in [2.05, 4.69) is 0 Å². The molecular weight excluding hydrogens is 296 g/mol. The molecule has 0 spiro atoms. The van der Waals surface area contributed by atoms with Crippen LogP contribution in [0.4, 0.5) is 11.4 Å². The van der Waals surface area contributed by atoms with Crippen LogP contribution in [0.5, 0.6) is 0 Å². The summed E-state index contributed by atoms with van der Waals surface area (Å²) in [6.07, 6.45) is 0. The Morgan fingerprint density at radius 2 is 1.78 bits per heavy atom. The smallest absolute Gasteiger partial charge is 0.292 e. The summed E-state index contributed by atoms with van der Waals surface area (Å²) in [6, 6.07) is 6.15. The number of nitrogens with zero attached hydrogens (tertiary/aromatic N) is 3. The van der Waals surface area contributed by atoms with Crippen LogP contribution in [-0.2, 0) is 4.79 Å². The first-order valence-electron chi connectivity index (χ1n) is 7.74. The first kappa shape index (κ1) is 17.2. The van der Waals surface area contributed by atoms with Gasteiger partial charge in [-0.3, -0.25) is 14.9 Å². The molecule has 1 aliphatic heterocycles. The van der Waals surface area contributed by atoms with Gasteiger partial charge in [-0.05, 0) is 11.5 Å². The molecule has 0 unspecified atom stereocenters. The molecule has 1 fully saturated rings. The first-order valence-corrected chi connectivity index (χ1v) is 7.74. The molecule has 1 aliphatic rings. The third kappa shape index (κ3) is 3.79. The van der Waals surface area contributed by atoms with Crippen LogP contribution in [0.2, 0.25) is 0 Å². The van der Waals surface area contributed by atoms with E-state index in [0.717, 1.165) is 0 Å². The van der Waals surface area contributed by atoms with Gasteiger partial charge in [0.05, 0.1) is 11.0 Å². The van der Waals surface area contributed by atoms with Crippen molar-refractivity contribution >= 4 is 17.3 Å². The molecular formula is C16H24N4O3. The lowest BCUT2D eigenvalue weighted by Gasteiger charge is -2.38. The quantitative estimate of drug-likeness (QED) is 0.675. The zero-order valence-electron chi connectivity index (χ0n) is 13.9. The molecule has 1 saturated heterocycles. The van der Waals surface area contributed by atoms with E-state index in [9.17, 15) is 14.9 Å². The van der Waals surface area contributed by atoms with Crippen LogP contribution in [0.15, 0.2) is 24.3 Å². The number of amides is 1. The van der Waals surface area contributed by atoms with Crippen molar-refractivity contribution in [2.45, 2.75) is 26.8 Å². The molecule has 1 aromatic rings. The number of carbonyl (C=O) groups excluding carboxylic acids is 1. The number of anilines is 1. The average molecular weight is 320 g/mol. The minimum Gasteiger partial charge on any atom is -0.362 e. The molecule has 0 radical (unpaired) electrons. The van der Waals surface area contributed by atoms with Gasteiger partial charge in [0.1, 0.15) is 5.69 Å². The van der Waals surface area contributed by atoms with Gasteiger partial charge >= 0.3 is 0 Å². The molecule has 1 amide bonds. The topological polar surface area (TPSA) is 92.7 Å². The van der Waals surface area contributed by atoms with Crippen LogP contribution in [0.3, 0.4) is 0 Å². The van der Waals surface area contributed by atoms with Crippen molar-refractivity contribution in [2.75, 3.05) is 31.1 Å². The minimum absolute atomic E-state index is 0.0558. The molecule has 0 aliphatic carbocycles. The zero-order valence-corrected chi connectivity index (χ0v) is 13.9. The third-order valence-corrected chi connectivity index (χ3v) is 4.21. The van der Waals surface area contributed by atoms with Crippen molar-refractivity contribution in [3.8, 4) is 0 Å². The van der Waals surface area contributed by atoms with Crippen molar-refractivity contribution < 1.29 is 9.72 Å². The van der Waals surface area contributed by atoms with Gasteiger partial charge in [0.25, 0.3) is 5.69 Å². The number of hydrogen-bond donors (Lipinski definition) is 1. The molecule has 1 atom stereocenters. The zero-order chi connectivity index (χ0) is 17.2. The number of nitrogens with two attached hydrogens (primary N) is 1. The van der Waals surface area contributed by atoms with Gasteiger partial charge in [-0.25, -0.2) is 0 Å². The Labute approximate surface area is 136 Å². The highest BCUT2D eigenvalue weighted by Crippen LogP contribution is 2.28. The van der Waals surface area contributed by atoms with Gasteiger partial charge < -0.3 is 15.5 Å². The van der Waals surface area contributed by atoms with Crippen molar-refractivity contribution in [3.05, 3.63) is 34.4 Å². The monoisotopic (exact) mass is 320 g/mol. The number of carbonyl (C=O) groups is 1. The Hall–Kier alpha value is -2.15. The molecule has 7 heteroatoms. The number of benzene rings is 1. The lowest BCUT2D eigenvalue weighted by molar-refractivity contribution is -0.384. The third-order valence-electron chi connectivity index (χ3n) is 4.21. The lowest BCUT2D eigenvalue weighted by atomic mass is 9.86. The first-order chi connectivity index (χ1) is 10.7. The Morgan fingerprint density at radius 3 is 2.30 bits per heavy atom. The number of piperazine rings is 1. The van der Waals surface area contributed by atoms with E-state index in [1.807, 2.05) is 25.7 Å². The highest BCUT2D eigenvalue weighted by Gasteiger charge is 2.33. The fourth-order valence-corrected chi connectivity index (χ4v) is 2.62. The maximum atomic E-state index is 12.4. The summed E-state index contributed by atoms with van der Waals surface area (Å²) in [7, 11) is 0. The van der Waals surface area contributed by atoms with Gasteiger partial charge in [-0.1, -0.05) is 32.9 Å². The normalized spacial score (nSPS) is 17.0. The highest BCUT2D eigenvalue weighted by atomic mass is 16.6. The van der Waals surface area contributed by atoms with E-state index in [1.165, 1.54) is 6.07 Å². The average Bonchev–Trinajstić information content (AvgIpc) is 2.52. The summed E-state index contributed by atoms with van der Waals surface area (Å²) in [6.45, 7) is 8.00. The molecule has 0 bridgehead atoms. The van der Waals surface area contributed by atoms with Crippen molar-refractivity contribution in [3.63, 3.8) is 0 Å². The van der Waals surface area contributed by atoms with Gasteiger partial charge in [0.15, 0.2) is 0 Å². The van der Waals surface area contributed by atoms with Crippen LogP contribution < -0.4 is 10.6 Å². The van der Waals surface area contributed by atoms with E-state index in [1.54, 1.807) is 23.1 Å². The van der Waals surface area contributed by atoms with Crippen LogP contribution in [0.1, 0.15) is 20.8 Å². The second-order valence-corrected chi connectivity index (χ2v) is 6.90.